The maximum atomic E-state index is 11.6. The van der Waals surface area contributed by atoms with E-state index < -0.39 is 0 Å². The normalized spacial score (nSPS) is 11.3. The molecule has 6 nitrogen and oxygen atoms in total. The van der Waals surface area contributed by atoms with E-state index >= 15 is 0 Å². The summed E-state index contributed by atoms with van der Waals surface area (Å²) < 4.78 is 15.4. The Kier molecular flexibility index (Phi) is 6.33. The van der Waals surface area contributed by atoms with E-state index in [0.29, 0.717) is 23.7 Å². The van der Waals surface area contributed by atoms with Crippen molar-refractivity contribution in [2.75, 3.05) is 27.4 Å². The van der Waals surface area contributed by atoms with Crippen LogP contribution >= 0.6 is 0 Å². The fourth-order valence-corrected chi connectivity index (χ4v) is 1.61. The number of hydrogen-bond donors (Lipinski definition) is 1. The second-order valence-corrected chi connectivity index (χ2v) is 4.19. The number of carbonyl (C=O) groups is 1. The molecule has 20 heavy (non-hydrogen) atoms. The first kappa shape index (κ1) is 15.8. The van der Waals surface area contributed by atoms with Crippen molar-refractivity contribution in [3.05, 3.63) is 23.8 Å². The van der Waals surface area contributed by atoms with Crippen molar-refractivity contribution < 1.29 is 19.0 Å². The highest BCUT2D eigenvalue weighted by atomic mass is 16.5. The van der Waals surface area contributed by atoms with E-state index in [1.54, 1.807) is 25.3 Å². The number of amides is 1. The van der Waals surface area contributed by atoms with Gasteiger partial charge < -0.3 is 19.5 Å². The largest absolute Gasteiger partial charge is 0.493 e. The summed E-state index contributed by atoms with van der Waals surface area (Å²) in [6.07, 6.45) is 0. The molecular weight excluding hydrogens is 260 g/mol. The van der Waals surface area contributed by atoms with Crippen LogP contribution in [0.15, 0.2) is 18.2 Å². The van der Waals surface area contributed by atoms with Gasteiger partial charge in [0.25, 0.3) is 5.91 Å². The zero-order valence-corrected chi connectivity index (χ0v) is 11.8. The molecule has 0 aliphatic rings. The van der Waals surface area contributed by atoms with Crippen LogP contribution in [0.25, 0.3) is 0 Å². The lowest BCUT2D eigenvalue weighted by molar-refractivity contribution is -0.124. The first-order valence-electron chi connectivity index (χ1n) is 6.10. The summed E-state index contributed by atoms with van der Waals surface area (Å²) >= 11 is 0. The van der Waals surface area contributed by atoms with Gasteiger partial charge in [-0.2, -0.15) is 5.26 Å². The van der Waals surface area contributed by atoms with Crippen LogP contribution in [0, 0.1) is 11.3 Å². The quantitative estimate of drug-likeness (QED) is 0.807. The predicted octanol–water partition coefficient (Wildman–Crippen LogP) is 1.10. The van der Waals surface area contributed by atoms with Crippen LogP contribution in [0.2, 0.25) is 0 Å². The Labute approximate surface area is 118 Å². The molecule has 1 amide bonds. The van der Waals surface area contributed by atoms with Crippen molar-refractivity contribution in [1.82, 2.24) is 5.32 Å². The molecule has 1 rings (SSSR count). The molecule has 6 heteroatoms. The van der Waals surface area contributed by atoms with Gasteiger partial charge >= 0.3 is 0 Å². The molecule has 0 unspecified atom stereocenters. The Hall–Kier alpha value is -2.26. The van der Waals surface area contributed by atoms with E-state index in [4.69, 9.17) is 19.5 Å². The van der Waals surface area contributed by atoms with E-state index in [0.717, 1.165) is 0 Å². The highest BCUT2D eigenvalue weighted by molar-refractivity contribution is 5.77. The number of nitriles is 1. The van der Waals surface area contributed by atoms with Gasteiger partial charge in [-0.1, -0.05) is 0 Å². The molecule has 0 aromatic heterocycles. The minimum absolute atomic E-state index is 0.0843. The van der Waals surface area contributed by atoms with Gasteiger partial charge in [-0.25, -0.2) is 0 Å². The molecule has 0 heterocycles. The minimum atomic E-state index is -0.249. The number of carbonyl (C=O) groups excluding carboxylic acids is 1. The molecule has 0 aliphatic heterocycles. The zero-order valence-electron chi connectivity index (χ0n) is 11.8. The lowest BCUT2D eigenvalue weighted by Gasteiger charge is -2.14. The molecule has 0 radical (unpaired) electrons. The van der Waals surface area contributed by atoms with Gasteiger partial charge in [0.05, 0.1) is 25.3 Å². The molecular formula is C14H18N2O4. The zero-order chi connectivity index (χ0) is 15.0. The van der Waals surface area contributed by atoms with E-state index in [1.807, 2.05) is 13.0 Å². The number of nitrogens with one attached hydrogen (secondary N) is 1. The maximum absolute atomic E-state index is 11.6. The molecule has 0 saturated carbocycles. The predicted molar refractivity (Wildman–Crippen MR) is 72.7 cm³/mol. The molecule has 1 atom stereocenters. The first-order chi connectivity index (χ1) is 9.60. The molecule has 1 aromatic carbocycles. The van der Waals surface area contributed by atoms with Gasteiger partial charge in [0.15, 0.2) is 18.1 Å². The van der Waals surface area contributed by atoms with E-state index in [9.17, 15) is 4.79 Å². The summed E-state index contributed by atoms with van der Waals surface area (Å²) in [6.45, 7) is 2.14. The van der Waals surface area contributed by atoms with Crippen molar-refractivity contribution in [3.8, 4) is 17.6 Å². The van der Waals surface area contributed by atoms with Crippen LogP contribution in [0.4, 0.5) is 0 Å². The average Bonchev–Trinajstić information content (AvgIpc) is 2.45. The Balaban J connectivity index is 2.57. The van der Waals surface area contributed by atoms with Gasteiger partial charge in [0.1, 0.15) is 0 Å². The third-order valence-electron chi connectivity index (χ3n) is 2.48. The number of ether oxygens (including phenoxy) is 3. The highest BCUT2D eigenvalue weighted by Gasteiger charge is 2.10. The van der Waals surface area contributed by atoms with Crippen molar-refractivity contribution in [1.29, 1.82) is 5.26 Å². The van der Waals surface area contributed by atoms with Crippen molar-refractivity contribution >= 4 is 5.91 Å². The molecule has 0 fully saturated rings. The Morgan fingerprint density at radius 3 is 2.75 bits per heavy atom. The second-order valence-electron chi connectivity index (χ2n) is 4.19. The lowest BCUT2D eigenvalue weighted by Crippen LogP contribution is -2.38. The van der Waals surface area contributed by atoms with Crippen LogP contribution in [-0.4, -0.2) is 39.4 Å². The third kappa shape index (κ3) is 4.78. The third-order valence-corrected chi connectivity index (χ3v) is 2.48. The van der Waals surface area contributed by atoms with Gasteiger partial charge in [-0.3, -0.25) is 4.79 Å². The standard InChI is InChI=1S/C14H18N2O4/c1-10(8-18-2)16-14(17)9-20-12-5-4-11(7-15)6-13(12)19-3/h4-6,10H,8-9H2,1-3H3,(H,16,17)/t10-/m1/s1. The van der Waals surface area contributed by atoms with Crippen LogP contribution in [0.1, 0.15) is 12.5 Å². The van der Waals surface area contributed by atoms with Crippen LogP contribution < -0.4 is 14.8 Å². The number of nitrogens with zero attached hydrogens (tertiary/aromatic N) is 1. The van der Waals surface area contributed by atoms with E-state index in [-0.39, 0.29) is 18.6 Å². The Morgan fingerprint density at radius 1 is 1.40 bits per heavy atom. The summed E-state index contributed by atoms with van der Waals surface area (Å²) in [5, 5.41) is 11.5. The molecule has 0 saturated heterocycles. The number of hydrogen-bond acceptors (Lipinski definition) is 5. The summed E-state index contributed by atoms with van der Waals surface area (Å²) in [7, 11) is 3.05. The van der Waals surface area contributed by atoms with Gasteiger partial charge in [0.2, 0.25) is 0 Å². The van der Waals surface area contributed by atoms with Gasteiger partial charge in [0, 0.05) is 19.2 Å². The molecule has 1 aromatic rings. The smallest absolute Gasteiger partial charge is 0.258 e. The average molecular weight is 278 g/mol. The second kappa shape index (κ2) is 8.02. The number of methoxy groups -OCH3 is 2. The summed E-state index contributed by atoms with van der Waals surface area (Å²) in [6, 6.07) is 6.68. The van der Waals surface area contributed by atoms with Crippen LogP contribution in [0.3, 0.4) is 0 Å². The topological polar surface area (TPSA) is 80.6 Å². The molecule has 108 valence electrons. The Morgan fingerprint density at radius 2 is 2.15 bits per heavy atom. The molecule has 0 aliphatic carbocycles. The van der Waals surface area contributed by atoms with E-state index in [2.05, 4.69) is 5.32 Å². The lowest BCUT2D eigenvalue weighted by atomic mass is 10.2. The monoisotopic (exact) mass is 278 g/mol. The molecule has 0 spiro atoms. The van der Waals surface area contributed by atoms with Gasteiger partial charge in [-0.15, -0.1) is 0 Å². The van der Waals surface area contributed by atoms with Gasteiger partial charge in [-0.05, 0) is 19.1 Å². The summed E-state index contributed by atoms with van der Waals surface area (Å²) in [5.74, 6) is 0.587. The Bertz CT molecular complexity index is 496. The van der Waals surface area contributed by atoms with Crippen LogP contribution in [0.5, 0.6) is 11.5 Å². The summed E-state index contributed by atoms with van der Waals surface area (Å²) in [5.41, 5.74) is 0.465. The highest BCUT2D eigenvalue weighted by Crippen LogP contribution is 2.27. The SMILES string of the molecule is COC[C@@H](C)NC(=O)COc1ccc(C#N)cc1OC. The summed E-state index contributed by atoms with van der Waals surface area (Å²) in [4.78, 5) is 11.6. The fourth-order valence-electron chi connectivity index (χ4n) is 1.61. The first-order valence-corrected chi connectivity index (χ1v) is 6.10. The van der Waals surface area contributed by atoms with Crippen molar-refractivity contribution in [3.63, 3.8) is 0 Å². The van der Waals surface area contributed by atoms with E-state index in [1.165, 1.54) is 7.11 Å². The van der Waals surface area contributed by atoms with Crippen molar-refractivity contribution in [2.24, 2.45) is 0 Å². The number of benzene rings is 1. The number of rotatable bonds is 7. The fraction of sp³-hybridized carbons (Fsp3) is 0.429. The molecule has 0 bridgehead atoms. The minimum Gasteiger partial charge on any atom is -0.493 e. The maximum Gasteiger partial charge on any atom is 0.258 e. The van der Waals surface area contributed by atoms with Crippen LogP contribution in [-0.2, 0) is 9.53 Å². The van der Waals surface area contributed by atoms with Crippen molar-refractivity contribution in [2.45, 2.75) is 13.0 Å². The molecule has 1 N–H and O–H groups in total.